The predicted octanol–water partition coefficient (Wildman–Crippen LogP) is 4.00. The summed E-state index contributed by atoms with van der Waals surface area (Å²) < 4.78 is 0. The Morgan fingerprint density at radius 2 is 1.78 bits per heavy atom. The Morgan fingerprint density at radius 1 is 1.22 bits per heavy atom. The maximum atomic E-state index is 11.4. The lowest BCUT2D eigenvalue weighted by Gasteiger charge is -2.35. The van der Waals surface area contributed by atoms with E-state index >= 15 is 0 Å². The van der Waals surface area contributed by atoms with Gasteiger partial charge in [-0.05, 0) is 44.1 Å². The van der Waals surface area contributed by atoms with E-state index < -0.39 is 11.4 Å². The van der Waals surface area contributed by atoms with Gasteiger partial charge in [-0.3, -0.25) is 4.79 Å². The van der Waals surface area contributed by atoms with Gasteiger partial charge >= 0.3 is 5.97 Å². The second-order valence-corrected chi connectivity index (χ2v) is 6.22. The van der Waals surface area contributed by atoms with E-state index in [0.717, 1.165) is 19.3 Å². The molecule has 0 heterocycles. The Kier molecular flexibility index (Phi) is 3.47. The molecule has 0 amide bonds. The Bertz CT molecular complexity index is 414. The fraction of sp³-hybridized carbons (Fsp3) is 0.562. The summed E-state index contributed by atoms with van der Waals surface area (Å²) in [4.78, 5) is 11.4. The summed E-state index contributed by atoms with van der Waals surface area (Å²) in [6.07, 6.45) is 5.40. The van der Waals surface area contributed by atoms with Crippen molar-refractivity contribution in [3.63, 3.8) is 0 Å². The van der Waals surface area contributed by atoms with Crippen molar-refractivity contribution >= 4 is 5.97 Å². The highest BCUT2D eigenvalue weighted by Crippen LogP contribution is 2.48. The zero-order valence-electron chi connectivity index (χ0n) is 11.3. The molecule has 2 nitrogen and oxygen atoms in total. The van der Waals surface area contributed by atoms with Gasteiger partial charge in [-0.15, -0.1) is 0 Å². The van der Waals surface area contributed by atoms with Crippen LogP contribution in [0.3, 0.4) is 0 Å². The highest BCUT2D eigenvalue weighted by atomic mass is 16.4. The van der Waals surface area contributed by atoms with E-state index in [2.05, 4.69) is 24.3 Å². The van der Waals surface area contributed by atoms with E-state index in [9.17, 15) is 9.90 Å². The van der Waals surface area contributed by atoms with Gasteiger partial charge in [0.25, 0.3) is 0 Å². The molecule has 1 aromatic carbocycles. The molecule has 0 aliphatic heterocycles. The minimum atomic E-state index is -0.690. The van der Waals surface area contributed by atoms with Crippen molar-refractivity contribution in [3.05, 3.63) is 35.9 Å². The van der Waals surface area contributed by atoms with Crippen LogP contribution < -0.4 is 0 Å². The molecule has 1 aromatic rings. The molecule has 1 aliphatic carbocycles. The van der Waals surface area contributed by atoms with Crippen LogP contribution in [-0.4, -0.2) is 11.1 Å². The molecule has 2 rings (SSSR count). The van der Waals surface area contributed by atoms with Crippen molar-refractivity contribution in [1.29, 1.82) is 0 Å². The summed E-state index contributed by atoms with van der Waals surface area (Å²) in [5, 5.41) is 9.36. The van der Waals surface area contributed by atoms with E-state index in [1.54, 1.807) is 0 Å². The third-order valence-corrected chi connectivity index (χ3v) is 4.31. The van der Waals surface area contributed by atoms with Crippen LogP contribution in [0.1, 0.15) is 51.5 Å². The van der Waals surface area contributed by atoms with E-state index in [1.807, 2.05) is 19.9 Å². The molecule has 1 fully saturated rings. The number of carbonyl (C=O) groups is 1. The van der Waals surface area contributed by atoms with Crippen molar-refractivity contribution in [2.45, 2.75) is 51.4 Å². The molecule has 0 radical (unpaired) electrons. The number of carboxylic acid groups (broad SMARTS) is 1. The van der Waals surface area contributed by atoms with Gasteiger partial charge in [-0.2, -0.15) is 0 Å². The smallest absolute Gasteiger partial charge is 0.309 e. The van der Waals surface area contributed by atoms with Gasteiger partial charge in [0, 0.05) is 0 Å². The van der Waals surface area contributed by atoms with Gasteiger partial charge in [-0.25, -0.2) is 0 Å². The monoisotopic (exact) mass is 246 g/mol. The highest BCUT2D eigenvalue weighted by molar-refractivity contribution is 5.73. The Labute approximate surface area is 109 Å². The molecule has 0 aromatic heterocycles. The van der Waals surface area contributed by atoms with Gasteiger partial charge in [0.1, 0.15) is 0 Å². The zero-order valence-corrected chi connectivity index (χ0v) is 11.3. The first-order valence-corrected chi connectivity index (χ1v) is 6.75. The van der Waals surface area contributed by atoms with Crippen LogP contribution in [0.5, 0.6) is 0 Å². The standard InChI is InChI=1S/C16H22O2/c1-15(2,14(17)18)12-16(10-6-7-11-16)13-8-4-3-5-9-13/h3-5,8-9H,6-7,10-12H2,1-2H3,(H,17,18). The average molecular weight is 246 g/mol. The van der Waals surface area contributed by atoms with Crippen molar-refractivity contribution < 1.29 is 9.90 Å². The third-order valence-electron chi connectivity index (χ3n) is 4.31. The maximum Gasteiger partial charge on any atom is 0.309 e. The van der Waals surface area contributed by atoms with Gasteiger partial charge < -0.3 is 5.11 Å². The fourth-order valence-corrected chi connectivity index (χ4v) is 3.33. The molecule has 0 bridgehead atoms. The molecule has 1 N–H and O–H groups in total. The molecule has 0 spiro atoms. The molecule has 98 valence electrons. The molecule has 18 heavy (non-hydrogen) atoms. The Hall–Kier alpha value is -1.31. The molecular formula is C16H22O2. The number of rotatable bonds is 4. The van der Waals surface area contributed by atoms with E-state index in [4.69, 9.17) is 0 Å². The van der Waals surface area contributed by atoms with Gasteiger partial charge in [0.15, 0.2) is 0 Å². The maximum absolute atomic E-state index is 11.4. The van der Waals surface area contributed by atoms with E-state index in [1.165, 1.54) is 18.4 Å². The first kappa shape index (κ1) is 13.1. The molecule has 2 heteroatoms. The molecule has 0 saturated heterocycles. The van der Waals surface area contributed by atoms with Crippen molar-refractivity contribution in [2.75, 3.05) is 0 Å². The van der Waals surface area contributed by atoms with Crippen LogP contribution in [0.2, 0.25) is 0 Å². The number of hydrogen-bond donors (Lipinski definition) is 1. The van der Waals surface area contributed by atoms with Gasteiger partial charge in [0.2, 0.25) is 0 Å². The lowest BCUT2D eigenvalue weighted by atomic mass is 9.68. The number of benzene rings is 1. The lowest BCUT2D eigenvalue weighted by molar-refractivity contribution is -0.148. The first-order chi connectivity index (χ1) is 8.46. The van der Waals surface area contributed by atoms with E-state index in [-0.39, 0.29) is 5.41 Å². The zero-order chi connectivity index (χ0) is 13.2. The molecule has 1 saturated carbocycles. The first-order valence-electron chi connectivity index (χ1n) is 6.75. The van der Waals surface area contributed by atoms with E-state index in [0.29, 0.717) is 0 Å². The highest BCUT2D eigenvalue weighted by Gasteiger charge is 2.42. The molecular weight excluding hydrogens is 224 g/mol. The largest absolute Gasteiger partial charge is 0.481 e. The minimum absolute atomic E-state index is 0.0726. The fourth-order valence-electron chi connectivity index (χ4n) is 3.33. The molecule has 1 aliphatic rings. The number of aliphatic carboxylic acids is 1. The molecule has 0 atom stereocenters. The summed E-state index contributed by atoms with van der Waals surface area (Å²) in [7, 11) is 0. The predicted molar refractivity (Wildman–Crippen MR) is 72.6 cm³/mol. The summed E-state index contributed by atoms with van der Waals surface area (Å²) in [6, 6.07) is 10.5. The quantitative estimate of drug-likeness (QED) is 0.871. The molecule has 0 unspecified atom stereocenters. The lowest BCUT2D eigenvalue weighted by Crippen LogP contribution is -2.34. The van der Waals surface area contributed by atoms with Crippen LogP contribution in [0.25, 0.3) is 0 Å². The van der Waals surface area contributed by atoms with Crippen LogP contribution >= 0.6 is 0 Å². The second kappa shape index (κ2) is 4.75. The second-order valence-electron chi connectivity index (χ2n) is 6.22. The normalized spacial score (nSPS) is 18.8. The topological polar surface area (TPSA) is 37.3 Å². The summed E-state index contributed by atoms with van der Waals surface area (Å²) in [6.45, 7) is 3.69. The van der Waals surface area contributed by atoms with Crippen LogP contribution in [0, 0.1) is 5.41 Å². The van der Waals surface area contributed by atoms with Crippen LogP contribution in [-0.2, 0) is 10.2 Å². The van der Waals surface area contributed by atoms with Crippen LogP contribution in [0.15, 0.2) is 30.3 Å². The van der Waals surface area contributed by atoms with Crippen molar-refractivity contribution in [2.24, 2.45) is 5.41 Å². The minimum Gasteiger partial charge on any atom is -0.481 e. The van der Waals surface area contributed by atoms with Crippen molar-refractivity contribution in [3.8, 4) is 0 Å². The average Bonchev–Trinajstić information content (AvgIpc) is 2.79. The Balaban J connectivity index is 2.32. The van der Waals surface area contributed by atoms with Crippen molar-refractivity contribution in [1.82, 2.24) is 0 Å². The summed E-state index contributed by atoms with van der Waals surface area (Å²) in [5.41, 5.74) is 0.736. The SMILES string of the molecule is CC(C)(CC1(c2ccccc2)CCCC1)C(=O)O. The number of carboxylic acids is 1. The van der Waals surface area contributed by atoms with Gasteiger partial charge in [-0.1, -0.05) is 43.2 Å². The van der Waals surface area contributed by atoms with Gasteiger partial charge in [0.05, 0.1) is 5.41 Å². The summed E-state index contributed by atoms with van der Waals surface area (Å²) in [5.74, 6) is -0.690. The number of hydrogen-bond acceptors (Lipinski definition) is 1. The third kappa shape index (κ3) is 2.43. The Morgan fingerprint density at radius 3 is 2.28 bits per heavy atom. The van der Waals surface area contributed by atoms with Crippen LogP contribution in [0.4, 0.5) is 0 Å². The summed E-state index contributed by atoms with van der Waals surface area (Å²) >= 11 is 0.